The topological polar surface area (TPSA) is 83.8 Å². The van der Waals surface area contributed by atoms with Crippen LogP contribution in [0, 0.1) is 5.82 Å². The van der Waals surface area contributed by atoms with E-state index < -0.39 is 17.8 Å². The van der Waals surface area contributed by atoms with Gasteiger partial charge >= 0.3 is 11.9 Å². The fraction of sp³-hybridized carbons (Fsp3) is 0.0667. The molecule has 0 aromatic heterocycles. The van der Waals surface area contributed by atoms with Gasteiger partial charge in [-0.25, -0.2) is 14.0 Å². The van der Waals surface area contributed by atoms with Crippen LogP contribution in [0.5, 0.6) is 5.75 Å². The van der Waals surface area contributed by atoms with Gasteiger partial charge in [-0.15, -0.1) is 0 Å². The van der Waals surface area contributed by atoms with E-state index in [4.69, 9.17) is 26.6 Å². The first-order chi connectivity index (χ1) is 10.4. The van der Waals surface area contributed by atoms with E-state index in [1.807, 2.05) is 0 Å². The van der Waals surface area contributed by atoms with Crippen molar-refractivity contribution in [1.29, 1.82) is 0 Å². The molecular weight excluding hydrogens is 315 g/mol. The largest absolute Gasteiger partial charge is 0.496 e. The fourth-order valence-electron chi connectivity index (χ4n) is 1.48. The zero-order valence-electron chi connectivity index (χ0n) is 11.4. The maximum atomic E-state index is 12.5. The molecule has 5 nitrogen and oxygen atoms in total. The van der Waals surface area contributed by atoms with Gasteiger partial charge in [-0.3, -0.25) is 0 Å². The summed E-state index contributed by atoms with van der Waals surface area (Å²) in [6, 6.07) is 9.64. The molecule has 22 heavy (non-hydrogen) atoms. The molecular formula is C15H12ClFO5. The normalized spacial score (nSPS) is 9.41. The Labute approximate surface area is 130 Å². The summed E-state index contributed by atoms with van der Waals surface area (Å²) in [4.78, 5) is 20.8. The average molecular weight is 327 g/mol. The Kier molecular flexibility index (Phi) is 6.34. The van der Waals surface area contributed by atoms with Crippen LogP contribution < -0.4 is 4.74 Å². The smallest absolute Gasteiger partial charge is 0.339 e. The van der Waals surface area contributed by atoms with Crippen LogP contribution in [0.25, 0.3) is 0 Å². The standard InChI is InChI=1S/C8H7ClO3.C7H5FO2/c1-12-7-4-5(9)2-3-6(7)8(10)11;8-6-4-2-1-3-5(6)7(9)10/h2-4H,1H3,(H,10,11);1-4H,(H,9,10). The Morgan fingerprint density at radius 2 is 1.64 bits per heavy atom. The van der Waals surface area contributed by atoms with Crippen molar-refractivity contribution in [1.82, 2.24) is 0 Å². The molecule has 0 radical (unpaired) electrons. The summed E-state index contributed by atoms with van der Waals surface area (Å²) in [6.45, 7) is 0. The van der Waals surface area contributed by atoms with Crippen molar-refractivity contribution in [3.63, 3.8) is 0 Å². The lowest BCUT2D eigenvalue weighted by molar-refractivity contribution is 0.0681. The number of carboxylic acids is 2. The molecule has 0 unspecified atom stereocenters. The highest BCUT2D eigenvalue weighted by Crippen LogP contribution is 2.22. The number of rotatable bonds is 3. The second-order valence-corrected chi connectivity index (χ2v) is 4.37. The fourth-order valence-corrected chi connectivity index (χ4v) is 1.64. The lowest BCUT2D eigenvalue weighted by Gasteiger charge is -2.03. The van der Waals surface area contributed by atoms with Crippen molar-refractivity contribution in [3.05, 3.63) is 64.4 Å². The number of aromatic carboxylic acids is 2. The molecule has 0 heterocycles. The van der Waals surface area contributed by atoms with E-state index in [9.17, 15) is 14.0 Å². The third kappa shape index (κ3) is 4.75. The maximum absolute atomic E-state index is 12.5. The number of carbonyl (C=O) groups is 2. The van der Waals surface area contributed by atoms with Crippen LogP contribution in [0.3, 0.4) is 0 Å². The van der Waals surface area contributed by atoms with Crippen LogP contribution in [0.15, 0.2) is 42.5 Å². The highest BCUT2D eigenvalue weighted by Gasteiger charge is 2.10. The van der Waals surface area contributed by atoms with Gasteiger partial charge in [0.1, 0.15) is 17.1 Å². The SMILES string of the molecule is COc1cc(Cl)ccc1C(=O)O.O=C(O)c1ccccc1F. The van der Waals surface area contributed by atoms with Crippen LogP contribution in [0.2, 0.25) is 5.02 Å². The minimum Gasteiger partial charge on any atom is -0.496 e. The zero-order chi connectivity index (χ0) is 16.7. The van der Waals surface area contributed by atoms with E-state index in [-0.39, 0.29) is 16.9 Å². The summed E-state index contributed by atoms with van der Waals surface area (Å²) >= 11 is 5.63. The summed E-state index contributed by atoms with van der Waals surface area (Å²) in [7, 11) is 1.40. The van der Waals surface area contributed by atoms with Crippen LogP contribution >= 0.6 is 11.6 Å². The van der Waals surface area contributed by atoms with Gasteiger partial charge in [-0.1, -0.05) is 23.7 Å². The maximum Gasteiger partial charge on any atom is 0.339 e. The van der Waals surface area contributed by atoms with Crippen molar-refractivity contribution in [3.8, 4) is 5.75 Å². The lowest BCUT2D eigenvalue weighted by Crippen LogP contribution is -1.99. The van der Waals surface area contributed by atoms with Crippen molar-refractivity contribution in [2.45, 2.75) is 0 Å². The summed E-state index contributed by atoms with van der Waals surface area (Å²) < 4.78 is 17.3. The van der Waals surface area contributed by atoms with Crippen molar-refractivity contribution < 1.29 is 28.9 Å². The molecule has 0 saturated carbocycles. The second kappa shape index (κ2) is 7.99. The molecule has 0 fully saturated rings. The van der Waals surface area contributed by atoms with Crippen LogP contribution in [0.1, 0.15) is 20.7 Å². The highest BCUT2D eigenvalue weighted by atomic mass is 35.5. The van der Waals surface area contributed by atoms with Gasteiger partial charge in [0.05, 0.1) is 12.7 Å². The average Bonchev–Trinajstić information content (AvgIpc) is 2.47. The first-order valence-electron chi connectivity index (χ1n) is 5.91. The number of hydrogen-bond donors (Lipinski definition) is 2. The molecule has 0 atom stereocenters. The van der Waals surface area contributed by atoms with Gasteiger partial charge in [-0.05, 0) is 30.3 Å². The Bertz CT molecular complexity index is 687. The van der Waals surface area contributed by atoms with Crippen LogP contribution in [-0.4, -0.2) is 29.3 Å². The second-order valence-electron chi connectivity index (χ2n) is 3.93. The number of benzene rings is 2. The van der Waals surface area contributed by atoms with E-state index in [1.54, 1.807) is 0 Å². The van der Waals surface area contributed by atoms with E-state index in [1.165, 1.54) is 43.5 Å². The quantitative estimate of drug-likeness (QED) is 0.900. The molecule has 0 amide bonds. The minimum absolute atomic E-state index is 0.113. The van der Waals surface area contributed by atoms with Crippen LogP contribution in [-0.2, 0) is 0 Å². The predicted molar refractivity (Wildman–Crippen MR) is 78.3 cm³/mol. The van der Waals surface area contributed by atoms with Gasteiger partial charge in [-0.2, -0.15) is 0 Å². The highest BCUT2D eigenvalue weighted by molar-refractivity contribution is 6.30. The summed E-state index contributed by atoms with van der Waals surface area (Å²) in [5.41, 5.74) is -0.176. The molecule has 2 rings (SSSR count). The molecule has 2 N–H and O–H groups in total. The van der Waals surface area contributed by atoms with Crippen molar-refractivity contribution in [2.24, 2.45) is 0 Å². The Morgan fingerprint density at radius 3 is 2.09 bits per heavy atom. The summed E-state index contributed by atoms with van der Waals surface area (Å²) in [5.74, 6) is -2.69. The molecule has 0 aliphatic carbocycles. The summed E-state index contributed by atoms with van der Waals surface area (Å²) in [6.07, 6.45) is 0. The Hall–Kier alpha value is -2.60. The molecule has 0 bridgehead atoms. The first-order valence-corrected chi connectivity index (χ1v) is 6.29. The van der Waals surface area contributed by atoms with Gasteiger partial charge < -0.3 is 14.9 Å². The molecule has 0 aliphatic heterocycles. The van der Waals surface area contributed by atoms with E-state index in [2.05, 4.69) is 0 Å². The molecule has 0 saturated heterocycles. The molecule has 7 heteroatoms. The molecule has 116 valence electrons. The minimum atomic E-state index is -1.24. The first kappa shape index (κ1) is 17.5. The van der Waals surface area contributed by atoms with Crippen molar-refractivity contribution in [2.75, 3.05) is 7.11 Å². The Morgan fingerprint density at radius 1 is 1.05 bits per heavy atom. The number of ether oxygens (including phenoxy) is 1. The predicted octanol–water partition coefficient (Wildman–Crippen LogP) is 3.57. The zero-order valence-corrected chi connectivity index (χ0v) is 12.2. The Balaban J connectivity index is 0.000000224. The number of halogens is 2. The molecule has 2 aromatic rings. The van der Waals surface area contributed by atoms with E-state index in [0.717, 1.165) is 6.07 Å². The van der Waals surface area contributed by atoms with Gasteiger partial charge in [0.2, 0.25) is 0 Å². The molecule has 2 aromatic carbocycles. The van der Waals surface area contributed by atoms with Gasteiger partial charge in [0.15, 0.2) is 0 Å². The van der Waals surface area contributed by atoms with Gasteiger partial charge in [0.25, 0.3) is 0 Å². The third-order valence-electron chi connectivity index (χ3n) is 2.50. The number of carboxylic acid groups (broad SMARTS) is 2. The van der Waals surface area contributed by atoms with E-state index >= 15 is 0 Å². The lowest BCUT2D eigenvalue weighted by atomic mass is 10.2. The van der Waals surface area contributed by atoms with Gasteiger partial charge in [0, 0.05) is 5.02 Å². The molecule has 0 aliphatic rings. The monoisotopic (exact) mass is 326 g/mol. The van der Waals surface area contributed by atoms with E-state index in [0.29, 0.717) is 5.02 Å². The number of methoxy groups -OCH3 is 1. The summed E-state index contributed by atoms with van der Waals surface area (Å²) in [5, 5.41) is 17.4. The van der Waals surface area contributed by atoms with Crippen LogP contribution in [0.4, 0.5) is 4.39 Å². The third-order valence-corrected chi connectivity index (χ3v) is 2.73. The number of hydrogen-bond acceptors (Lipinski definition) is 3. The molecule has 0 spiro atoms. The van der Waals surface area contributed by atoms with Crippen molar-refractivity contribution >= 4 is 23.5 Å².